The number of para-hydroxylation sites is 1. The average Bonchev–Trinajstić information content (AvgIpc) is 2.97. The molecule has 4 aromatic carbocycles. The van der Waals surface area contributed by atoms with Gasteiger partial charge >= 0.3 is 0 Å². The zero-order valence-electron chi connectivity index (χ0n) is 21.3. The summed E-state index contributed by atoms with van der Waals surface area (Å²) in [6.07, 6.45) is 0. The van der Waals surface area contributed by atoms with E-state index in [9.17, 15) is 8.42 Å². The van der Waals surface area contributed by atoms with Crippen LogP contribution in [0, 0.1) is 0 Å². The van der Waals surface area contributed by atoms with Gasteiger partial charge in [-0.25, -0.2) is 8.42 Å². The maximum Gasteiger partial charge on any atom is 0.220 e. The second-order valence-corrected chi connectivity index (χ2v) is 13.2. The minimum atomic E-state index is -3.51. The van der Waals surface area contributed by atoms with Crippen LogP contribution in [0.15, 0.2) is 113 Å². The number of benzene rings is 4. The molecule has 1 fully saturated rings. The minimum Gasteiger partial charge on any atom is -0.354 e. The SMILES string of the molecule is CC(c1ccc2c(c1)Nc1ccccc1S2)S(=O)(=O)N1CCN(C(c2ccccc2)c2ccccc2)CC1. The molecule has 0 bridgehead atoms. The molecular weight excluding hydrogens is 510 g/mol. The molecule has 6 rings (SSSR count). The summed E-state index contributed by atoms with van der Waals surface area (Å²) in [6.45, 7) is 4.13. The zero-order valence-corrected chi connectivity index (χ0v) is 23.0. The van der Waals surface area contributed by atoms with Gasteiger partial charge < -0.3 is 5.32 Å². The lowest BCUT2D eigenvalue weighted by atomic mass is 9.96. The van der Waals surface area contributed by atoms with E-state index in [0.29, 0.717) is 26.2 Å². The molecule has 0 amide bonds. The molecule has 1 unspecified atom stereocenters. The Morgan fingerprint density at radius 3 is 1.92 bits per heavy atom. The van der Waals surface area contributed by atoms with E-state index in [2.05, 4.69) is 70.9 Å². The van der Waals surface area contributed by atoms with Crippen molar-refractivity contribution in [2.24, 2.45) is 0 Å². The molecule has 2 aliphatic heterocycles. The minimum absolute atomic E-state index is 0.103. The molecule has 4 aromatic rings. The number of piperazine rings is 1. The van der Waals surface area contributed by atoms with Crippen molar-refractivity contribution >= 4 is 33.2 Å². The monoisotopic (exact) mass is 541 g/mol. The van der Waals surface area contributed by atoms with Gasteiger partial charge in [0.2, 0.25) is 10.0 Å². The first-order valence-electron chi connectivity index (χ1n) is 13.0. The van der Waals surface area contributed by atoms with Crippen LogP contribution in [-0.2, 0) is 10.0 Å². The molecule has 1 saturated heterocycles. The van der Waals surface area contributed by atoms with Gasteiger partial charge in [-0.3, -0.25) is 4.90 Å². The third kappa shape index (κ3) is 4.87. The first-order chi connectivity index (χ1) is 18.5. The summed E-state index contributed by atoms with van der Waals surface area (Å²) in [5.41, 5.74) is 5.28. The molecule has 2 aliphatic rings. The Balaban J connectivity index is 1.18. The molecule has 38 heavy (non-hydrogen) atoms. The fourth-order valence-corrected chi connectivity index (χ4v) is 7.98. The lowest BCUT2D eigenvalue weighted by Crippen LogP contribution is -2.50. The van der Waals surface area contributed by atoms with Gasteiger partial charge in [-0.05, 0) is 47.9 Å². The van der Waals surface area contributed by atoms with Crippen molar-refractivity contribution in [1.29, 1.82) is 0 Å². The van der Waals surface area contributed by atoms with Crippen molar-refractivity contribution in [1.82, 2.24) is 9.21 Å². The number of hydrogen-bond donors (Lipinski definition) is 1. The molecule has 0 radical (unpaired) electrons. The lowest BCUT2D eigenvalue weighted by molar-refractivity contribution is 0.155. The fourth-order valence-electron chi connectivity index (χ4n) is 5.41. The molecule has 1 N–H and O–H groups in total. The van der Waals surface area contributed by atoms with Crippen LogP contribution in [0.5, 0.6) is 0 Å². The van der Waals surface area contributed by atoms with Gasteiger partial charge in [0, 0.05) is 36.0 Å². The molecular formula is C31H31N3O2S2. The second kappa shape index (κ2) is 10.6. The smallest absolute Gasteiger partial charge is 0.220 e. The lowest BCUT2D eigenvalue weighted by Gasteiger charge is -2.40. The topological polar surface area (TPSA) is 52.7 Å². The van der Waals surface area contributed by atoms with Crippen LogP contribution < -0.4 is 5.32 Å². The van der Waals surface area contributed by atoms with Crippen LogP contribution in [0.2, 0.25) is 0 Å². The Kier molecular flexibility index (Phi) is 7.01. The second-order valence-electron chi connectivity index (χ2n) is 9.82. The molecule has 194 valence electrons. The van der Waals surface area contributed by atoms with Gasteiger partial charge in [0.25, 0.3) is 0 Å². The normalized spacial score (nSPS) is 16.9. The number of nitrogens with zero attached hydrogens (tertiary/aromatic N) is 2. The van der Waals surface area contributed by atoms with Gasteiger partial charge in [-0.1, -0.05) is 90.6 Å². The first-order valence-corrected chi connectivity index (χ1v) is 15.3. The van der Waals surface area contributed by atoms with Crippen molar-refractivity contribution in [3.8, 4) is 0 Å². The third-order valence-electron chi connectivity index (χ3n) is 7.53. The van der Waals surface area contributed by atoms with E-state index in [1.165, 1.54) is 16.0 Å². The predicted molar refractivity (Wildman–Crippen MR) is 155 cm³/mol. The summed E-state index contributed by atoms with van der Waals surface area (Å²) in [4.78, 5) is 4.69. The molecule has 5 nitrogen and oxygen atoms in total. The van der Waals surface area contributed by atoms with Crippen molar-refractivity contribution in [3.63, 3.8) is 0 Å². The maximum atomic E-state index is 13.8. The summed E-state index contributed by atoms with van der Waals surface area (Å²) in [7, 11) is -3.51. The van der Waals surface area contributed by atoms with Crippen LogP contribution in [0.25, 0.3) is 0 Å². The molecule has 2 heterocycles. The molecule has 0 aliphatic carbocycles. The summed E-state index contributed by atoms with van der Waals surface area (Å²) in [5, 5.41) is 2.86. The van der Waals surface area contributed by atoms with E-state index < -0.39 is 15.3 Å². The summed E-state index contributed by atoms with van der Waals surface area (Å²) in [6, 6.07) is 35.2. The Hall–Kier alpha value is -3.10. The molecule has 7 heteroatoms. The van der Waals surface area contributed by atoms with Crippen LogP contribution in [-0.4, -0.2) is 43.8 Å². The quantitative estimate of drug-likeness (QED) is 0.259. The molecule has 0 spiro atoms. The number of fused-ring (bicyclic) bond motifs is 2. The van der Waals surface area contributed by atoms with Crippen molar-refractivity contribution in [2.45, 2.75) is 28.0 Å². The molecule has 0 saturated carbocycles. The third-order valence-corrected chi connectivity index (χ3v) is 10.9. The van der Waals surface area contributed by atoms with E-state index in [1.54, 1.807) is 16.1 Å². The van der Waals surface area contributed by atoms with Gasteiger partial charge in [-0.2, -0.15) is 4.31 Å². The Labute approximate surface area is 229 Å². The first kappa shape index (κ1) is 25.2. The van der Waals surface area contributed by atoms with Crippen molar-refractivity contribution < 1.29 is 8.42 Å². The van der Waals surface area contributed by atoms with Gasteiger partial charge in [-0.15, -0.1) is 0 Å². The summed E-state index contributed by atoms with van der Waals surface area (Å²) in [5.74, 6) is 0. The number of hydrogen-bond acceptors (Lipinski definition) is 5. The number of rotatable bonds is 6. The summed E-state index contributed by atoms with van der Waals surface area (Å²) < 4.78 is 29.2. The van der Waals surface area contributed by atoms with Crippen LogP contribution in [0.4, 0.5) is 11.4 Å². The highest BCUT2D eigenvalue weighted by atomic mass is 32.2. The standard InChI is InChI=1S/C31H31N3O2S2/c1-23(26-16-17-30-28(22-26)32-27-14-8-9-15-29(27)37-30)38(35,36)34-20-18-33(19-21-34)31(24-10-4-2-5-11-24)25-12-6-3-7-13-25/h2-17,22-23,31-32H,18-21H2,1H3. The van der Waals surface area contributed by atoms with E-state index in [1.807, 2.05) is 49.4 Å². The van der Waals surface area contributed by atoms with Crippen LogP contribution in [0.1, 0.15) is 34.9 Å². The van der Waals surface area contributed by atoms with E-state index in [0.717, 1.165) is 21.8 Å². The zero-order chi connectivity index (χ0) is 26.1. The Morgan fingerprint density at radius 2 is 1.26 bits per heavy atom. The number of nitrogens with one attached hydrogen (secondary N) is 1. The maximum absolute atomic E-state index is 13.8. The Bertz CT molecular complexity index is 1480. The average molecular weight is 542 g/mol. The predicted octanol–water partition coefficient (Wildman–Crippen LogP) is 6.69. The van der Waals surface area contributed by atoms with E-state index in [4.69, 9.17) is 0 Å². The van der Waals surface area contributed by atoms with Gasteiger partial charge in [0.05, 0.1) is 22.7 Å². The summed E-state index contributed by atoms with van der Waals surface area (Å²) >= 11 is 1.71. The molecule has 0 aromatic heterocycles. The highest BCUT2D eigenvalue weighted by molar-refractivity contribution is 7.99. The number of anilines is 2. The van der Waals surface area contributed by atoms with E-state index >= 15 is 0 Å². The van der Waals surface area contributed by atoms with Crippen molar-refractivity contribution in [2.75, 3.05) is 31.5 Å². The van der Waals surface area contributed by atoms with Crippen LogP contribution >= 0.6 is 11.8 Å². The highest BCUT2D eigenvalue weighted by Crippen LogP contribution is 2.45. The van der Waals surface area contributed by atoms with E-state index in [-0.39, 0.29) is 6.04 Å². The van der Waals surface area contributed by atoms with Crippen molar-refractivity contribution in [3.05, 3.63) is 120 Å². The van der Waals surface area contributed by atoms with Gasteiger partial charge in [0.1, 0.15) is 0 Å². The molecule has 1 atom stereocenters. The fraction of sp³-hybridized carbons (Fsp3) is 0.226. The largest absolute Gasteiger partial charge is 0.354 e. The Morgan fingerprint density at radius 1 is 0.684 bits per heavy atom. The van der Waals surface area contributed by atoms with Gasteiger partial charge in [0.15, 0.2) is 0 Å². The number of sulfonamides is 1. The van der Waals surface area contributed by atoms with Crippen LogP contribution in [0.3, 0.4) is 0 Å². The highest BCUT2D eigenvalue weighted by Gasteiger charge is 2.35.